The van der Waals surface area contributed by atoms with Gasteiger partial charge in [-0.1, -0.05) is 24.6 Å². The number of ether oxygens (including phenoxy) is 1. The van der Waals surface area contributed by atoms with E-state index in [1.54, 1.807) is 6.33 Å². The van der Waals surface area contributed by atoms with Crippen molar-refractivity contribution < 1.29 is 4.74 Å². The fourth-order valence-corrected chi connectivity index (χ4v) is 4.15. The molecule has 6 nitrogen and oxygen atoms in total. The molecule has 5 rings (SSSR count). The molecule has 2 fully saturated rings. The number of hydrogen-bond donors (Lipinski definition) is 2. The normalized spacial score (nSPS) is 25.2. The van der Waals surface area contributed by atoms with E-state index in [1.807, 2.05) is 30.3 Å². The van der Waals surface area contributed by atoms with E-state index in [1.165, 1.54) is 25.7 Å². The third-order valence-corrected chi connectivity index (χ3v) is 5.28. The predicted octanol–water partition coefficient (Wildman–Crippen LogP) is 3.75. The van der Waals surface area contributed by atoms with E-state index in [9.17, 15) is 0 Å². The molecule has 122 valence electrons. The molecule has 0 unspecified atom stereocenters. The second kappa shape index (κ2) is 5.47. The van der Waals surface area contributed by atoms with Crippen LogP contribution in [0.4, 0.5) is 5.82 Å². The standard InChI is InChI=1S/C18H19N5O/c1-2-4-13(5-3-1)24-18-22-16-15(19-10-20-16)17(23-18)21-14-9-11-6-7-12(14)8-11/h1-5,10-12,14H,6-9H2,(H2,19,20,21,22,23)/t11-,12+,14-/m0/s1. The number of H-pyrrole nitrogens is 1. The molecule has 2 N–H and O–H groups in total. The van der Waals surface area contributed by atoms with E-state index in [2.05, 4.69) is 25.3 Å². The monoisotopic (exact) mass is 321 g/mol. The molecule has 0 aliphatic heterocycles. The number of fused-ring (bicyclic) bond motifs is 3. The van der Waals surface area contributed by atoms with Gasteiger partial charge < -0.3 is 15.0 Å². The number of aromatic nitrogens is 4. The number of rotatable bonds is 4. The van der Waals surface area contributed by atoms with Crippen LogP contribution in [-0.2, 0) is 0 Å². The summed E-state index contributed by atoms with van der Waals surface area (Å²) in [5.74, 6) is 3.16. The minimum absolute atomic E-state index is 0.325. The number of anilines is 1. The molecule has 0 spiro atoms. The summed E-state index contributed by atoms with van der Waals surface area (Å²) in [6.07, 6.45) is 6.94. The van der Waals surface area contributed by atoms with Gasteiger partial charge in [0, 0.05) is 6.04 Å². The lowest BCUT2D eigenvalue weighted by Gasteiger charge is -2.23. The van der Waals surface area contributed by atoms with Gasteiger partial charge in [0.2, 0.25) is 0 Å². The van der Waals surface area contributed by atoms with E-state index in [-0.39, 0.29) is 0 Å². The summed E-state index contributed by atoms with van der Waals surface area (Å²) in [6.45, 7) is 0. The van der Waals surface area contributed by atoms with Crippen LogP contribution in [0.25, 0.3) is 11.2 Å². The average molecular weight is 321 g/mol. The molecular weight excluding hydrogens is 302 g/mol. The summed E-state index contributed by atoms with van der Waals surface area (Å²) in [5.41, 5.74) is 1.47. The van der Waals surface area contributed by atoms with Crippen LogP contribution in [0, 0.1) is 11.8 Å². The fraction of sp³-hybridized carbons (Fsp3) is 0.389. The number of nitrogens with zero attached hydrogens (tertiary/aromatic N) is 3. The van der Waals surface area contributed by atoms with Crippen LogP contribution in [0.3, 0.4) is 0 Å². The second-order valence-corrected chi connectivity index (χ2v) is 6.80. The first-order valence-electron chi connectivity index (χ1n) is 8.56. The molecule has 3 atom stereocenters. The number of nitrogens with one attached hydrogen (secondary N) is 2. The first-order chi connectivity index (χ1) is 11.8. The van der Waals surface area contributed by atoms with Crippen molar-refractivity contribution >= 4 is 17.0 Å². The van der Waals surface area contributed by atoms with Gasteiger partial charge in [0.25, 0.3) is 0 Å². The SMILES string of the molecule is c1ccc(Oc2nc(N[C@H]3C[C@H]4CC[C@@H]3C4)c3[nH]cnc3n2)cc1. The van der Waals surface area contributed by atoms with Crippen molar-refractivity contribution in [2.75, 3.05) is 5.32 Å². The van der Waals surface area contributed by atoms with Crippen LogP contribution < -0.4 is 10.1 Å². The van der Waals surface area contributed by atoms with Crippen LogP contribution in [-0.4, -0.2) is 26.0 Å². The Morgan fingerprint density at radius 3 is 2.79 bits per heavy atom. The molecule has 2 aromatic heterocycles. The van der Waals surface area contributed by atoms with Gasteiger partial charge in [-0.15, -0.1) is 0 Å². The fourth-order valence-electron chi connectivity index (χ4n) is 4.15. The lowest BCUT2D eigenvalue weighted by Crippen LogP contribution is -2.26. The molecule has 6 heteroatoms. The van der Waals surface area contributed by atoms with E-state index < -0.39 is 0 Å². The van der Waals surface area contributed by atoms with Crippen molar-refractivity contribution in [1.29, 1.82) is 0 Å². The number of aromatic amines is 1. The van der Waals surface area contributed by atoms with E-state index in [4.69, 9.17) is 4.74 Å². The van der Waals surface area contributed by atoms with E-state index in [0.29, 0.717) is 17.7 Å². The Morgan fingerprint density at radius 1 is 1.08 bits per heavy atom. The molecule has 0 saturated heterocycles. The summed E-state index contributed by atoms with van der Waals surface area (Å²) in [4.78, 5) is 16.4. The van der Waals surface area contributed by atoms with Crippen LogP contribution >= 0.6 is 0 Å². The van der Waals surface area contributed by atoms with E-state index in [0.717, 1.165) is 28.9 Å². The third kappa shape index (κ3) is 2.38. The molecule has 0 amide bonds. The van der Waals surface area contributed by atoms with Gasteiger partial charge in [0.15, 0.2) is 11.5 Å². The lowest BCUT2D eigenvalue weighted by molar-refractivity contribution is 0.433. The van der Waals surface area contributed by atoms with Crippen molar-refractivity contribution in [3.8, 4) is 11.8 Å². The largest absolute Gasteiger partial charge is 0.424 e. The Hall–Kier alpha value is -2.63. The van der Waals surface area contributed by atoms with Crippen molar-refractivity contribution in [3.05, 3.63) is 36.7 Å². The highest BCUT2D eigenvalue weighted by Gasteiger charge is 2.39. The Kier molecular flexibility index (Phi) is 3.14. The topological polar surface area (TPSA) is 75.7 Å². The van der Waals surface area contributed by atoms with Crippen molar-refractivity contribution in [3.63, 3.8) is 0 Å². The van der Waals surface area contributed by atoms with Crippen molar-refractivity contribution in [2.45, 2.75) is 31.7 Å². The van der Waals surface area contributed by atoms with Crippen LogP contribution in [0.2, 0.25) is 0 Å². The Bertz CT molecular complexity index is 862. The molecule has 2 saturated carbocycles. The molecular formula is C18H19N5O. The van der Waals surface area contributed by atoms with Gasteiger partial charge in [-0.25, -0.2) is 4.98 Å². The molecule has 2 aliphatic rings. The van der Waals surface area contributed by atoms with Gasteiger partial charge in [-0.05, 0) is 43.2 Å². The minimum atomic E-state index is 0.325. The maximum atomic E-state index is 5.81. The zero-order chi connectivity index (χ0) is 15.9. The Balaban J connectivity index is 1.47. The number of imidazole rings is 1. The maximum Gasteiger partial charge on any atom is 0.326 e. The molecule has 2 heterocycles. The van der Waals surface area contributed by atoms with Crippen LogP contribution in [0.5, 0.6) is 11.8 Å². The summed E-state index contributed by atoms with van der Waals surface area (Å²) < 4.78 is 5.81. The molecule has 1 aromatic carbocycles. The lowest BCUT2D eigenvalue weighted by atomic mass is 9.95. The summed E-state index contributed by atoms with van der Waals surface area (Å²) in [5, 5.41) is 3.63. The van der Waals surface area contributed by atoms with Crippen molar-refractivity contribution in [2.24, 2.45) is 11.8 Å². The molecule has 2 aliphatic carbocycles. The molecule has 3 aromatic rings. The zero-order valence-corrected chi connectivity index (χ0v) is 13.3. The van der Waals surface area contributed by atoms with Gasteiger partial charge >= 0.3 is 6.01 Å². The van der Waals surface area contributed by atoms with Crippen molar-refractivity contribution in [1.82, 2.24) is 19.9 Å². The number of para-hydroxylation sites is 1. The smallest absolute Gasteiger partial charge is 0.326 e. The van der Waals surface area contributed by atoms with Gasteiger partial charge in [-0.2, -0.15) is 9.97 Å². The highest BCUT2D eigenvalue weighted by Crippen LogP contribution is 2.45. The first kappa shape index (κ1) is 13.8. The van der Waals surface area contributed by atoms with Crippen LogP contribution in [0.15, 0.2) is 36.7 Å². The summed E-state index contributed by atoms with van der Waals surface area (Å²) in [7, 11) is 0. The highest BCUT2D eigenvalue weighted by atomic mass is 16.5. The predicted molar refractivity (Wildman–Crippen MR) is 91.1 cm³/mol. The van der Waals surface area contributed by atoms with Gasteiger partial charge in [-0.3, -0.25) is 0 Å². The van der Waals surface area contributed by atoms with E-state index >= 15 is 0 Å². The number of hydrogen-bond acceptors (Lipinski definition) is 5. The zero-order valence-electron chi connectivity index (χ0n) is 13.3. The van der Waals surface area contributed by atoms with Gasteiger partial charge in [0.1, 0.15) is 11.3 Å². The Morgan fingerprint density at radius 2 is 2.00 bits per heavy atom. The second-order valence-electron chi connectivity index (χ2n) is 6.80. The summed E-state index contributed by atoms with van der Waals surface area (Å²) in [6, 6.07) is 10.4. The number of benzene rings is 1. The molecule has 2 bridgehead atoms. The average Bonchev–Trinajstić information content (AvgIpc) is 3.32. The quantitative estimate of drug-likeness (QED) is 0.765. The van der Waals surface area contributed by atoms with Gasteiger partial charge in [0.05, 0.1) is 6.33 Å². The molecule has 24 heavy (non-hydrogen) atoms. The highest BCUT2D eigenvalue weighted by molar-refractivity contribution is 5.83. The summed E-state index contributed by atoms with van der Waals surface area (Å²) >= 11 is 0. The molecule has 0 radical (unpaired) electrons. The third-order valence-electron chi connectivity index (χ3n) is 5.28. The van der Waals surface area contributed by atoms with Crippen LogP contribution in [0.1, 0.15) is 25.7 Å². The maximum absolute atomic E-state index is 5.81. The Labute approximate surface area is 139 Å². The minimum Gasteiger partial charge on any atom is -0.424 e. The first-order valence-corrected chi connectivity index (χ1v) is 8.56.